The molecular weight excluding hydrogens is 310 g/mol. The van der Waals surface area contributed by atoms with Gasteiger partial charge in [-0.15, -0.1) is 0 Å². The van der Waals surface area contributed by atoms with Crippen LogP contribution < -0.4 is 15.3 Å². The average Bonchev–Trinajstić information content (AvgIpc) is 3.05. The molecule has 5 N–H and O–H groups in total. The molecule has 9 heteroatoms. The Hall–Kier alpha value is -1.97. The molecule has 1 atom stereocenters. The van der Waals surface area contributed by atoms with Gasteiger partial charge in [-0.2, -0.15) is 4.98 Å². The lowest BCUT2D eigenvalue weighted by Crippen LogP contribution is -3.14. The molecule has 0 saturated carbocycles. The zero-order valence-electron chi connectivity index (χ0n) is 14.0. The Morgan fingerprint density at radius 1 is 1.42 bits per heavy atom. The summed E-state index contributed by atoms with van der Waals surface area (Å²) in [5.74, 6) is 0.745. The lowest BCUT2D eigenvalue weighted by molar-refractivity contribution is -0.900. The van der Waals surface area contributed by atoms with Crippen LogP contribution in [0.3, 0.4) is 0 Å². The molecule has 2 aromatic rings. The summed E-state index contributed by atoms with van der Waals surface area (Å²) < 4.78 is 1.67. The first-order chi connectivity index (χ1) is 11.6. The fraction of sp³-hybridized carbons (Fsp3) is 0.667. The number of piperazine rings is 1. The number of nitrogens with one attached hydrogen (secondary N) is 3. The van der Waals surface area contributed by atoms with Crippen LogP contribution in [0.15, 0.2) is 6.33 Å². The number of rotatable bonds is 6. The zero-order valence-corrected chi connectivity index (χ0v) is 14.0. The minimum Gasteiger partial charge on any atom is -0.394 e. The molecular formula is C15H26N7O2+. The van der Waals surface area contributed by atoms with Crippen LogP contribution in [-0.4, -0.2) is 75.2 Å². The lowest BCUT2D eigenvalue weighted by Gasteiger charge is -2.31. The first-order valence-corrected chi connectivity index (χ1v) is 8.49. The van der Waals surface area contributed by atoms with Gasteiger partial charge in [-0.05, 0) is 6.42 Å². The van der Waals surface area contributed by atoms with Gasteiger partial charge in [0.2, 0.25) is 5.95 Å². The van der Waals surface area contributed by atoms with Crippen molar-refractivity contribution in [2.24, 2.45) is 0 Å². The number of hydrogen-bond donors (Lipinski definition) is 5. The van der Waals surface area contributed by atoms with Crippen molar-refractivity contribution in [2.75, 3.05) is 44.2 Å². The van der Waals surface area contributed by atoms with Crippen LogP contribution in [-0.2, 0) is 6.54 Å². The number of nitrogens with zero attached hydrogens (tertiary/aromatic N) is 4. The molecule has 0 aliphatic carbocycles. The number of anilines is 1. The second kappa shape index (κ2) is 7.29. The van der Waals surface area contributed by atoms with Gasteiger partial charge in [-0.25, -0.2) is 4.98 Å². The summed E-state index contributed by atoms with van der Waals surface area (Å²) in [7, 11) is 0. The largest absolute Gasteiger partial charge is 0.394 e. The van der Waals surface area contributed by atoms with E-state index < -0.39 is 6.10 Å². The van der Waals surface area contributed by atoms with E-state index in [9.17, 15) is 5.11 Å². The van der Waals surface area contributed by atoms with Crippen molar-refractivity contribution in [1.29, 1.82) is 5.41 Å². The summed E-state index contributed by atoms with van der Waals surface area (Å²) in [6, 6.07) is 0. The van der Waals surface area contributed by atoms with Crippen LogP contribution in [0.1, 0.15) is 13.3 Å². The summed E-state index contributed by atoms with van der Waals surface area (Å²) in [5.41, 5.74) is 1.27. The second-order valence-electron chi connectivity index (χ2n) is 6.33. The normalized spacial score (nSPS) is 17.5. The Kier molecular flexibility index (Phi) is 5.12. The van der Waals surface area contributed by atoms with Gasteiger partial charge in [-0.1, -0.05) is 6.92 Å². The van der Waals surface area contributed by atoms with Gasteiger partial charge in [0.15, 0.2) is 11.1 Å². The molecule has 0 bridgehead atoms. The highest BCUT2D eigenvalue weighted by Crippen LogP contribution is 2.14. The van der Waals surface area contributed by atoms with E-state index in [1.807, 2.05) is 0 Å². The van der Waals surface area contributed by atoms with Crippen molar-refractivity contribution in [1.82, 2.24) is 19.5 Å². The maximum Gasteiger partial charge on any atom is 0.205 e. The molecule has 3 rings (SSSR count). The van der Waals surface area contributed by atoms with Crippen molar-refractivity contribution in [3.05, 3.63) is 11.8 Å². The predicted molar refractivity (Wildman–Crippen MR) is 88.9 cm³/mol. The van der Waals surface area contributed by atoms with Crippen LogP contribution in [0.4, 0.5) is 5.95 Å². The second-order valence-corrected chi connectivity index (χ2v) is 6.33. The Morgan fingerprint density at radius 2 is 2.17 bits per heavy atom. The molecule has 3 heterocycles. The third-order valence-corrected chi connectivity index (χ3v) is 4.50. The molecule has 1 saturated heterocycles. The Balaban J connectivity index is 1.84. The molecule has 1 aliphatic rings. The number of aromatic amines is 1. The number of imidazole rings is 1. The minimum absolute atomic E-state index is 0.133. The first-order valence-electron chi connectivity index (χ1n) is 8.49. The van der Waals surface area contributed by atoms with Crippen LogP contribution >= 0.6 is 0 Å². The molecule has 1 aliphatic heterocycles. The number of H-pyrrole nitrogens is 1. The van der Waals surface area contributed by atoms with Crippen LogP contribution in [0.2, 0.25) is 0 Å². The van der Waals surface area contributed by atoms with E-state index >= 15 is 0 Å². The van der Waals surface area contributed by atoms with Crippen molar-refractivity contribution in [3.8, 4) is 0 Å². The molecule has 0 aromatic carbocycles. The van der Waals surface area contributed by atoms with Gasteiger partial charge >= 0.3 is 0 Å². The van der Waals surface area contributed by atoms with Gasteiger partial charge in [0.25, 0.3) is 0 Å². The molecule has 1 fully saturated rings. The van der Waals surface area contributed by atoms with E-state index in [1.165, 1.54) is 19.3 Å². The van der Waals surface area contributed by atoms with Crippen LogP contribution in [0, 0.1) is 5.41 Å². The van der Waals surface area contributed by atoms with Gasteiger partial charge in [0.05, 0.1) is 58.3 Å². The molecule has 0 amide bonds. The molecule has 24 heavy (non-hydrogen) atoms. The van der Waals surface area contributed by atoms with Crippen LogP contribution in [0.5, 0.6) is 0 Å². The van der Waals surface area contributed by atoms with Crippen molar-refractivity contribution < 1.29 is 15.1 Å². The van der Waals surface area contributed by atoms with Gasteiger partial charge in [0, 0.05) is 0 Å². The monoisotopic (exact) mass is 336 g/mol. The van der Waals surface area contributed by atoms with Crippen LogP contribution in [0.25, 0.3) is 11.2 Å². The third kappa shape index (κ3) is 3.42. The summed E-state index contributed by atoms with van der Waals surface area (Å²) in [4.78, 5) is 15.7. The third-order valence-electron chi connectivity index (χ3n) is 4.50. The molecule has 9 nitrogen and oxygen atoms in total. The minimum atomic E-state index is -0.877. The van der Waals surface area contributed by atoms with Gasteiger partial charge in [-0.3, -0.25) is 5.41 Å². The number of aliphatic hydroxyl groups is 2. The molecule has 2 aromatic heterocycles. The fourth-order valence-corrected chi connectivity index (χ4v) is 3.18. The Labute approximate surface area is 140 Å². The van der Waals surface area contributed by atoms with Crippen molar-refractivity contribution in [3.63, 3.8) is 0 Å². The smallest absolute Gasteiger partial charge is 0.205 e. The summed E-state index contributed by atoms with van der Waals surface area (Å²) in [6.45, 7) is 7.30. The number of aliphatic hydroxyl groups excluding tert-OH is 2. The highest BCUT2D eigenvalue weighted by atomic mass is 16.3. The quantitative estimate of drug-likeness (QED) is 0.407. The molecule has 132 valence electrons. The Morgan fingerprint density at radius 3 is 2.83 bits per heavy atom. The number of aromatic nitrogens is 4. The first kappa shape index (κ1) is 16.9. The van der Waals surface area contributed by atoms with E-state index in [1.54, 1.807) is 9.47 Å². The maximum atomic E-state index is 9.68. The van der Waals surface area contributed by atoms with Crippen molar-refractivity contribution >= 4 is 17.1 Å². The molecule has 0 radical (unpaired) electrons. The zero-order chi connectivity index (χ0) is 17.1. The number of quaternary nitrogens is 1. The van der Waals surface area contributed by atoms with E-state index in [4.69, 9.17) is 10.5 Å². The summed E-state index contributed by atoms with van der Waals surface area (Å²) >= 11 is 0. The van der Waals surface area contributed by atoms with E-state index in [2.05, 4.69) is 26.8 Å². The number of hydrogen-bond acceptors (Lipinski definition) is 6. The van der Waals surface area contributed by atoms with E-state index in [0.717, 1.165) is 32.1 Å². The summed E-state index contributed by atoms with van der Waals surface area (Å²) in [5, 5.41) is 26.7. The van der Waals surface area contributed by atoms with Gasteiger partial charge < -0.3 is 29.6 Å². The highest BCUT2D eigenvalue weighted by Gasteiger charge is 2.22. The van der Waals surface area contributed by atoms with Crippen molar-refractivity contribution in [2.45, 2.75) is 26.0 Å². The number of fused-ring (bicyclic) bond motifs is 1. The molecule has 0 unspecified atom stereocenters. The van der Waals surface area contributed by atoms with Gasteiger partial charge in [0.1, 0.15) is 5.52 Å². The average molecular weight is 336 g/mol. The standard InChI is InChI=1S/C15H25N7O2/c1-2-3-20-4-6-21(7-5-20)15-18-12-13(16)17-10-22(14(12)19-15)8-11(24)9-23/h10-11,16,23-24H,2-9H2,1H3,(H,18,19)/p+1/t11-/m1/s1. The topological polar surface area (TPSA) is 118 Å². The summed E-state index contributed by atoms with van der Waals surface area (Å²) in [6.07, 6.45) is 1.80. The Bertz CT molecular complexity index is 733. The fourth-order valence-electron chi connectivity index (χ4n) is 3.18. The van der Waals surface area contributed by atoms with E-state index in [0.29, 0.717) is 11.2 Å². The SMILES string of the molecule is CCC[NH+]1CCN(c2nc3c([nH]2)c(=N)ncn3C[C@@H](O)CO)CC1. The highest BCUT2D eigenvalue weighted by molar-refractivity contribution is 5.72. The predicted octanol–water partition coefficient (Wildman–Crippen LogP) is -2.29. The lowest BCUT2D eigenvalue weighted by atomic mass is 10.3. The molecule has 0 spiro atoms. The van der Waals surface area contributed by atoms with E-state index in [-0.39, 0.29) is 18.6 Å². The maximum absolute atomic E-state index is 9.68.